The van der Waals surface area contributed by atoms with Crippen LogP contribution in [0.5, 0.6) is 0 Å². The van der Waals surface area contributed by atoms with E-state index in [9.17, 15) is 17.2 Å². The van der Waals surface area contributed by atoms with E-state index in [1.165, 1.54) is 18.2 Å². The lowest BCUT2D eigenvalue weighted by atomic mass is 10.2. The van der Waals surface area contributed by atoms with Crippen molar-refractivity contribution in [2.75, 3.05) is 30.5 Å². The highest BCUT2D eigenvalue weighted by Crippen LogP contribution is 2.27. The molecular weight excluding hydrogens is 266 g/mol. The molecule has 1 rings (SSSR count). The molecule has 8 heteroatoms. The first-order chi connectivity index (χ1) is 8.17. The monoisotopic (exact) mass is 280 g/mol. The molecule has 0 aromatic heterocycles. The lowest BCUT2D eigenvalue weighted by Gasteiger charge is -2.17. The fraction of sp³-hybridized carbons (Fsp3) is 0.400. The second-order valence-corrected chi connectivity index (χ2v) is 5.84. The minimum atomic E-state index is -3.52. The van der Waals surface area contributed by atoms with Gasteiger partial charge in [-0.1, -0.05) is 6.07 Å². The number of nitrogen functional groups attached to an aromatic ring is 1. The van der Waals surface area contributed by atoms with E-state index in [2.05, 4.69) is 5.32 Å². The van der Waals surface area contributed by atoms with Crippen LogP contribution in [-0.4, -0.2) is 38.9 Å². The van der Waals surface area contributed by atoms with Gasteiger partial charge in [0, 0.05) is 6.26 Å². The SMILES string of the molecule is CS(=O)(=O)c1cccc(NCC(F)(F)CO)c1N. The lowest BCUT2D eigenvalue weighted by molar-refractivity contribution is -0.0372. The first-order valence-electron chi connectivity index (χ1n) is 4.98. The molecule has 0 heterocycles. The summed E-state index contributed by atoms with van der Waals surface area (Å²) in [5.41, 5.74) is 5.56. The Morgan fingerprint density at radius 1 is 1.44 bits per heavy atom. The van der Waals surface area contributed by atoms with Crippen molar-refractivity contribution in [3.8, 4) is 0 Å². The third-order valence-electron chi connectivity index (χ3n) is 2.23. The number of hydrogen-bond acceptors (Lipinski definition) is 5. The largest absolute Gasteiger partial charge is 0.396 e. The van der Waals surface area contributed by atoms with Gasteiger partial charge < -0.3 is 16.2 Å². The minimum Gasteiger partial charge on any atom is -0.396 e. The average Bonchev–Trinajstić information content (AvgIpc) is 2.26. The topological polar surface area (TPSA) is 92.4 Å². The maximum absolute atomic E-state index is 12.8. The molecule has 0 unspecified atom stereocenters. The van der Waals surface area contributed by atoms with Gasteiger partial charge in [0.1, 0.15) is 6.61 Å². The number of aliphatic hydroxyl groups is 1. The van der Waals surface area contributed by atoms with E-state index in [0.29, 0.717) is 0 Å². The Kier molecular flexibility index (Phi) is 4.12. The summed E-state index contributed by atoms with van der Waals surface area (Å²) in [6.45, 7) is -2.13. The van der Waals surface area contributed by atoms with E-state index in [-0.39, 0.29) is 16.3 Å². The maximum atomic E-state index is 12.8. The molecule has 0 atom stereocenters. The summed E-state index contributed by atoms with van der Waals surface area (Å²) in [4.78, 5) is -0.125. The number of nitrogens with one attached hydrogen (secondary N) is 1. The van der Waals surface area contributed by atoms with Gasteiger partial charge in [-0.05, 0) is 12.1 Å². The van der Waals surface area contributed by atoms with Crippen molar-refractivity contribution in [1.82, 2.24) is 0 Å². The van der Waals surface area contributed by atoms with Gasteiger partial charge in [0.05, 0.1) is 22.8 Å². The Morgan fingerprint density at radius 3 is 2.56 bits per heavy atom. The summed E-state index contributed by atoms with van der Waals surface area (Å²) in [6, 6.07) is 4.07. The van der Waals surface area contributed by atoms with Crippen LogP contribution in [-0.2, 0) is 9.84 Å². The molecule has 0 amide bonds. The molecule has 0 fully saturated rings. The number of sulfone groups is 1. The third kappa shape index (κ3) is 3.54. The van der Waals surface area contributed by atoms with E-state index in [4.69, 9.17) is 10.8 Å². The number of rotatable bonds is 5. The Balaban J connectivity index is 2.99. The molecule has 102 valence electrons. The number of halogens is 2. The average molecular weight is 280 g/mol. The smallest absolute Gasteiger partial charge is 0.287 e. The molecule has 0 aliphatic carbocycles. The van der Waals surface area contributed by atoms with Crippen molar-refractivity contribution < 1.29 is 22.3 Å². The Hall–Kier alpha value is -1.41. The number of hydrogen-bond donors (Lipinski definition) is 3. The molecular formula is C10H14F2N2O3S. The van der Waals surface area contributed by atoms with Crippen molar-refractivity contribution in [2.24, 2.45) is 0 Å². The number of anilines is 2. The first-order valence-corrected chi connectivity index (χ1v) is 6.87. The molecule has 18 heavy (non-hydrogen) atoms. The van der Waals surface area contributed by atoms with Crippen LogP contribution in [0.2, 0.25) is 0 Å². The molecule has 0 saturated heterocycles. The quantitative estimate of drug-likeness (QED) is 0.691. The number of alkyl halides is 2. The van der Waals surface area contributed by atoms with Crippen molar-refractivity contribution in [3.63, 3.8) is 0 Å². The van der Waals surface area contributed by atoms with E-state index < -0.39 is 28.9 Å². The van der Waals surface area contributed by atoms with Gasteiger partial charge in [0.15, 0.2) is 9.84 Å². The molecule has 4 N–H and O–H groups in total. The van der Waals surface area contributed by atoms with Crippen molar-refractivity contribution in [3.05, 3.63) is 18.2 Å². The van der Waals surface area contributed by atoms with Crippen LogP contribution in [0.3, 0.4) is 0 Å². The van der Waals surface area contributed by atoms with E-state index in [0.717, 1.165) is 6.26 Å². The Labute approximate surface area is 104 Å². The van der Waals surface area contributed by atoms with Crippen molar-refractivity contribution in [1.29, 1.82) is 0 Å². The van der Waals surface area contributed by atoms with Crippen LogP contribution in [0.1, 0.15) is 0 Å². The van der Waals surface area contributed by atoms with Gasteiger partial charge in [-0.15, -0.1) is 0 Å². The van der Waals surface area contributed by atoms with Crippen molar-refractivity contribution >= 4 is 21.2 Å². The molecule has 0 aliphatic heterocycles. The number of benzene rings is 1. The molecule has 1 aromatic carbocycles. The highest BCUT2D eigenvalue weighted by Gasteiger charge is 2.27. The minimum absolute atomic E-state index is 0.0889. The lowest BCUT2D eigenvalue weighted by Crippen LogP contribution is -2.31. The fourth-order valence-corrected chi connectivity index (χ4v) is 2.14. The van der Waals surface area contributed by atoms with Gasteiger partial charge in [-0.25, -0.2) is 17.2 Å². The van der Waals surface area contributed by atoms with Gasteiger partial charge in [-0.3, -0.25) is 0 Å². The Morgan fingerprint density at radius 2 is 2.06 bits per heavy atom. The molecule has 1 aromatic rings. The molecule has 0 spiro atoms. The van der Waals surface area contributed by atoms with Crippen LogP contribution < -0.4 is 11.1 Å². The molecule has 0 bridgehead atoms. The van der Waals surface area contributed by atoms with Crippen LogP contribution >= 0.6 is 0 Å². The maximum Gasteiger partial charge on any atom is 0.287 e. The summed E-state index contributed by atoms with van der Waals surface area (Å²) in [5.74, 6) is -3.30. The zero-order chi connectivity index (χ0) is 14.0. The first kappa shape index (κ1) is 14.7. The fourth-order valence-electron chi connectivity index (χ4n) is 1.30. The number of aliphatic hydroxyl groups excluding tert-OH is 1. The second-order valence-electron chi connectivity index (χ2n) is 3.86. The zero-order valence-electron chi connectivity index (χ0n) is 9.65. The predicted octanol–water partition coefficient (Wildman–Crippen LogP) is 0.712. The summed E-state index contributed by atoms with van der Waals surface area (Å²) >= 11 is 0. The molecule has 0 radical (unpaired) electrons. The predicted molar refractivity (Wildman–Crippen MR) is 64.5 cm³/mol. The normalized spacial score (nSPS) is 12.4. The van der Waals surface area contributed by atoms with Crippen LogP contribution in [0, 0.1) is 0 Å². The molecule has 0 aliphatic rings. The zero-order valence-corrected chi connectivity index (χ0v) is 10.5. The van der Waals surface area contributed by atoms with Gasteiger partial charge in [0.25, 0.3) is 5.92 Å². The number of nitrogens with two attached hydrogens (primary N) is 1. The standard InChI is InChI=1S/C10H14F2N2O3S/c1-18(16,17)8-4-2-3-7(9(8)13)14-5-10(11,12)6-15/h2-4,14-15H,5-6,13H2,1H3. The summed E-state index contributed by atoms with van der Waals surface area (Å²) in [7, 11) is -3.52. The van der Waals surface area contributed by atoms with Gasteiger partial charge >= 0.3 is 0 Å². The number of para-hydroxylation sites is 1. The highest BCUT2D eigenvalue weighted by atomic mass is 32.2. The van der Waals surface area contributed by atoms with Gasteiger partial charge in [-0.2, -0.15) is 0 Å². The Bertz CT molecular complexity index is 532. The van der Waals surface area contributed by atoms with E-state index in [1.54, 1.807) is 0 Å². The summed E-state index contributed by atoms with van der Waals surface area (Å²) in [6.07, 6.45) is 0.977. The van der Waals surface area contributed by atoms with Crippen LogP contribution in [0.4, 0.5) is 20.2 Å². The third-order valence-corrected chi connectivity index (χ3v) is 3.39. The second kappa shape index (κ2) is 5.07. The van der Waals surface area contributed by atoms with Gasteiger partial charge in [0.2, 0.25) is 0 Å². The van der Waals surface area contributed by atoms with E-state index in [1.807, 2.05) is 0 Å². The molecule has 5 nitrogen and oxygen atoms in total. The van der Waals surface area contributed by atoms with Crippen LogP contribution in [0.15, 0.2) is 23.1 Å². The summed E-state index contributed by atoms with van der Waals surface area (Å²) in [5, 5.41) is 10.7. The van der Waals surface area contributed by atoms with E-state index >= 15 is 0 Å². The molecule has 0 saturated carbocycles. The van der Waals surface area contributed by atoms with Crippen molar-refractivity contribution in [2.45, 2.75) is 10.8 Å². The highest BCUT2D eigenvalue weighted by molar-refractivity contribution is 7.90. The summed E-state index contributed by atoms with van der Waals surface area (Å²) < 4.78 is 48.4. The van der Waals surface area contributed by atoms with Crippen LogP contribution in [0.25, 0.3) is 0 Å².